The third-order valence-electron chi connectivity index (χ3n) is 5.44. The first-order chi connectivity index (χ1) is 14.4. The quantitative estimate of drug-likeness (QED) is 0.481. The number of amides is 1. The van der Waals surface area contributed by atoms with E-state index >= 15 is 0 Å². The minimum Gasteiger partial charge on any atom is -0.497 e. The molecule has 4 nitrogen and oxygen atoms in total. The maximum atomic E-state index is 11.9. The molecule has 0 saturated carbocycles. The minimum atomic E-state index is -0.114. The first-order valence-corrected chi connectivity index (χ1v) is 10.0. The van der Waals surface area contributed by atoms with Crippen LogP contribution in [0.1, 0.15) is 26.3 Å². The Bertz CT molecular complexity index is 1040. The first kappa shape index (κ1) is 21.3. The molecule has 3 rings (SSSR count). The third kappa shape index (κ3) is 4.28. The number of methoxy groups -OCH3 is 1. The lowest BCUT2D eigenvalue weighted by molar-refractivity contribution is -0.401. The number of benzene rings is 2. The van der Waals surface area contributed by atoms with E-state index < -0.39 is 0 Å². The predicted molar refractivity (Wildman–Crippen MR) is 124 cm³/mol. The zero-order chi connectivity index (χ0) is 21.7. The molecule has 0 N–H and O–H groups in total. The molecule has 0 spiro atoms. The number of hydrogen-bond acceptors (Lipinski definition) is 2. The number of carbonyl (C=O) groups is 1. The fraction of sp³-hybridized carbons (Fsp3) is 0.231. The normalized spacial score (nSPS) is 15.4. The number of hydrogen-bond donors (Lipinski definition) is 0. The minimum absolute atomic E-state index is 0.0283. The number of fused-ring (bicyclic) bond motifs is 1. The van der Waals surface area contributed by atoms with Crippen LogP contribution in [0.3, 0.4) is 0 Å². The maximum absolute atomic E-state index is 11.9. The molecule has 0 fully saturated rings. The van der Waals surface area contributed by atoms with Crippen LogP contribution in [0.4, 0.5) is 11.4 Å². The molecular weight excluding hydrogens is 372 g/mol. The molecule has 0 aliphatic carbocycles. The molecule has 1 aliphatic rings. The molecule has 4 heteroatoms. The SMILES string of the molecule is COc1ccc2c(c1)C(C)(C)C(C=CC=CC=CN(C(C)=O)c1ccccc1)=[N+]2C. The van der Waals surface area contributed by atoms with Gasteiger partial charge in [0.25, 0.3) is 0 Å². The van der Waals surface area contributed by atoms with E-state index in [2.05, 4.69) is 43.7 Å². The van der Waals surface area contributed by atoms with Crippen molar-refractivity contribution < 1.29 is 14.1 Å². The molecule has 1 aliphatic heterocycles. The van der Waals surface area contributed by atoms with Crippen molar-refractivity contribution in [1.29, 1.82) is 0 Å². The van der Waals surface area contributed by atoms with E-state index in [1.54, 1.807) is 25.1 Å². The molecular formula is C26H29N2O2+. The lowest BCUT2D eigenvalue weighted by Gasteiger charge is -2.16. The number of nitrogens with zero attached hydrogens (tertiary/aromatic N) is 2. The lowest BCUT2D eigenvalue weighted by atomic mass is 9.81. The first-order valence-electron chi connectivity index (χ1n) is 10.0. The Balaban J connectivity index is 1.73. The van der Waals surface area contributed by atoms with E-state index in [4.69, 9.17) is 4.74 Å². The molecule has 154 valence electrons. The molecule has 0 radical (unpaired) electrons. The summed E-state index contributed by atoms with van der Waals surface area (Å²) in [5, 5.41) is 0. The van der Waals surface area contributed by atoms with Crippen LogP contribution in [0.2, 0.25) is 0 Å². The van der Waals surface area contributed by atoms with Crippen LogP contribution >= 0.6 is 0 Å². The van der Waals surface area contributed by atoms with E-state index in [0.29, 0.717) is 0 Å². The van der Waals surface area contributed by atoms with Crippen molar-refractivity contribution in [2.24, 2.45) is 0 Å². The van der Waals surface area contributed by atoms with Crippen LogP contribution in [-0.4, -0.2) is 30.4 Å². The van der Waals surface area contributed by atoms with Crippen LogP contribution in [0, 0.1) is 0 Å². The molecule has 1 heterocycles. The second-order valence-corrected chi connectivity index (χ2v) is 7.76. The summed E-state index contributed by atoms with van der Waals surface area (Å²) in [6.07, 6.45) is 11.7. The summed E-state index contributed by atoms with van der Waals surface area (Å²) in [5.41, 5.74) is 4.41. The van der Waals surface area contributed by atoms with Crippen LogP contribution in [0.25, 0.3) is 0 Å². The molecule has 2 aromatic carbocycles. The summed E-state index contributed by atoms with van der Waals surface area (Å²) in [6.45, 7) is 6.01. The van der Waals surface area contributed by atoms with E-state index in [1.807, 2.05) is 60.7 Å². The summed E-state index contributed by atoms with van der Waals surface area (Å²) in [5.74, 6) is 0.846. The topological polar surface area (TPSA) is 32.5 Å². The summed E-state index contributed by atoms with van der Waals surface area (Å²) in [6, 6.07) is 15.8. The predicted octanol–water partition coefficient (Wildman–Crippen LogP) is 5.38. The fourth-order valence-corrected chi connectivity index (χ4v) is 3.81. The van der Waals surface area contributed by atoms with Crippen molar-refractivity contribution in [3.8, 4) is 5.75 Å². The van der Waals surface area contributed by atoms with Crippen LogP contribution in [0.15, 0.2) is 85.1 Å². The van der Waals surface area contributed by atoms with Gasteiger partial charge in [-0.3, -0.25) is 9.69 Å². The number of rotatable bonds is 6. The van der Waals surface area contributed by atoms with Crippen molar-refractivity contribution in [2.75, 3.05) is 19.1 Å². The van der Waals surface area contributed by atoms with Crippen LogP contribution in [-0.2, 0) is 10.2 Å². The van der Waals surface area contributed by atoms with E-state index in [1.165, 1.54) is 17.0 Å². The Morgan fingerprint density at radius 3 is 2.40 bits per heavy atom. The second-order valence-electron chi connectivity index (χ2n) is 7.76. The smallest absolute Gasteiger partial charge is 0.227 e. The van der Waals surface area contributed by atoms with E-state index in [-0.39, 0.29) is 11.3 Å². The Kier molecular flexibility index (Phi) is 6.36. The van der Waals surface area contributed by atoms with Crippen molar-refractivity contribution in [2.45, 2.75) is 26.2 Å². The van der Waals surface area contributed by atoms with E-state index in [0.717, 1.165) is 11.4 Å². The van der Waals surface area contributed by atoms with Crippen molar-refractivity contribution in [3.05, 3.63) is 90.7 Å². The molecule has 30 heavy (non-hydrogen) atoms. The van der Waals surface area contributed by atoms with Gasteiger partial charge in [0.15, 0.2) is 5.71 Å². The Labute approximate surface area is 179 Å². The van der Waals surface area contributed by atoms with Crippen molar-refractivity contribution in [3.63, 3.8) is 0 Å². The van der Waals surface area contributed by atoms with Gasteiger partial charge < -0.3 is 4.74 Å². The highest BCUT2D eigenvalue weighted by molar-refractivity contribution is 6.03. The zero-order valence-electron chi connectivity index (χ0n) is 18.3. The molecule has 0 saturated heterocycles. The summed E-state index contributed by atoms with van der Waals surface area (Å²) in [4.78, 5) is 13.5. The molecule has 0 unspecified atom stereocenters. The highest BCUT2D eigenvalue weighted by atomic mass is 16.5. The van der Waals surface area contributed by atoms with Gasteiger partial charge in [-0.1, -0.05) is 36.4 Å². The molecule has 1 amide bonds. The Hall–Kier alpha value is -3.40. The highest BCUT2D eigenvalue weighted by Crippen LogP contribution is 2.41. The van der Waals surface area contributed by atoms with Gasteiger partial charge in [0, 0.05) is 36.5 Å². The monoisotopic (exact) mass is 401 g/mol. The summed E-state index contributed by atoms with van der Waals surface area (Å²) >= 11 is 0. The van der Waals surface area contributed by atoms with Gasteiger partial charge >= 0.3 is 0 Å². The molecule has 0 aromatic heterocycles. The highest BCUT2D eigenvalue weighted by Gasteiger charge is 2.43. The van der Waals surface area contributed by atoms with Crippen LogP contribution in [0.5, 0.6) is 5.75 Å². The fourth-order valence-electron chi connectivity index (χ4n) is 3.81. The summed E-state index contributed by atoms with van der Waals surface area (Å²) < 4.78 is 7.63. The average molecular weight is 402 g/mol. The molecule has 0 atom stereocenters. The standard InChI is InChI=1S/C26H29N2O2/c1-20(29)28(21-13-9-8-10-14-21)18-12-7-6-11-15-25-26(2,3)23-19-22(30-5)16-17-24(23)27(25)4/h6-19H,1-5H3/q+1. The maximum Gasteiger partial charge on any atom is 0.227 e. The molecule has 2 aromatic rings. The number of allylic oxidation sites excluding steroid dienone is 5. The number of carbonyl (C=O) groups excluding carboxylic acids is 1. The number of para-hydroxylation sites is 1. The second kappa shape index (κ2) is 8.95. The zero-order valence-corrected chi connectivity index (χ0v) is 18.3. The summed E-state index contributed by atoms with van der Waals surface area (Å²) in [7, 11) is 3.79. The van der Waals surface area contributed by atoms with Gasteiger partial charge in [0.2, 0.25) is 11.6 Å². The lowest BCUT2D eigenvalue weighted by Crippen LogP contribution is -2.26. The average Bonchev–Trinajstić information content (AvgIpc) is 2.93. The van der Waals surface area contributed by atoms with Gasteiger partial charge in [-0.25, -0.2) is 0 Å². The van der Waals surface area contributed by atoms with Gasteiger partial charge in [-0.15, -0.1) is 0 Å². The molecule has 0 bridgehead atoms. The Morgan fingerprint density at radius 1 is 1.03 bits per heavy atom. The van der Waals surface area contributed by atoms with Crippen LogP contribution < -0.4 is 9.64 Å². The van der Waals surface area contributed by atoms with Crippen molar-refractivity contribution >= 4 is 23.0 Å². The third-order valence-corrected chi connectivity index (χ3v) is 5.44. The number of ether oxygens (including phenoxy) is 1. The van der Waals surface area contributed by atoms with Gasteiger partial charge in [0.05, 0.1) is 12.5 Å². The van der Waals surface area contributed by atoms with Gasteiger partial charge in [-0.05, 0) is 44.2 Å². The van der Waals surface area contributed by atoms with E-state index in [9.17, 15) is 4.79 Å². The van der Waals surface area contributed by atoms with Gasteiger partial charge in [-0.2, -0.15) is 4.58 Å². The van der Waals surface area contributed by atoms with Gasteiger partial charge in [0.1, 0.15) is 12.8 Å². The number of anilines is 1. The largest absolute Gasteiger partial charge is 0.497 e. The van der Waals surface area contributed by atoms with Crippen molar-refractivity contribution in [1.82, 2.24) is 0 Å². The Morgan fingerprint density at radius 2 is 1.73 bits per heavy atom.